The van der Waals surface area contributed by atoms with E-state index in [2.05, 4.69) is 78.4 Å². The summed E-state index contributed by atoms with van der Waals surface area (Å²) >= 11 is 5.57. The summed E-state index contributed by atoms with van der Waals surface area (Å²) in [5, 5.41) is 0. The lowest BCUT2D eigenvalue weighted by Crippen LogP contribution is -3.00. The molecular formula is C36H56ClIN2. The second kappa shape index (κ2) is 33.6. The first-order chi connectivity index (χ1) is 19.2. The summed E-state index contributed by atoms with van der Waals surface area (Å²) in [4.78, 5) is 3.98. The van der Waals surface area contributed by atoms with Crippen molar-refractivity contribution in [1.29, 1.82) is 0 Å². The van der Waals surface area contributed by atoms with Gasteiger partial charge in [-0.2, -0.15) is 0 Å². The Bertz CT molecular complexity index is 909. The maximum atomic E-state index is 5.57. The largest absolute Gasteiger partial charge is 1.00 e. The van der Waals surface area contributed by atoms with E-state index in [1.54, 1.807) is 6.20 Å². The predicted molar refractivity (Wildman–Crippen MR) is 172 cm³/mol. The molecule has 0 unspecified atom stereocenters. The topological polar surface area (TPSA) is 16.8 Å². The number of hydrogen-bond acceptors (Lipinski definition) is 1. The number of hydrogen-bond donors (Lipinski definition) is 0. The van der Waals surface area contributed by atoms with Gasteiger partial charge in [-0.15, -0.1) is 35.3 Å². The van der Waals surface area contributed by atoms with Gasteiger partial charge in [0.05, 0.1) is 0 Å². The van der Waals surface area contributed by atoms with Crippen LogP contribution in [0.25, 0.3) is 0 Å². The minimum Gasteiger partial charge on any atom is -1.00 e. The van der Waals surface area contributed by atoms with Gasteiger partial charge < -0.3 is 24.0 Å². The highest BCUT2D eigenvalue weighted by Gasteiger charge is 2.02. The maximum absolute atomic E-state index is 5.57. The third-order valence-corrected chi connectivity index (χ3v) is 6.44. The minimum atomic E-state index is 0. The van der Waals surface area contributed by atoms with Crippen LogP contribution in [0.1, 0.15) is 128 Å². The van der Waals surface area contributed by atoms with Crippen molar-refractivity contribution in [2.75, 3.05) is 5.88 Å². The second-order valence-corrected chi connectivity index (χ2v) is 10.3. The summed E-state index contributed by atoms with van der Waals surface area (Å²) in [6, 6.07) is 12.2. The van der Waals surface area contributed by atoms with Gasteiger partial charge in [0.25, 0.3) is 0 Å². The first kappa shape index (κ1) is 40.6. The Labute approximate surface area is 270 Å². The van der Waals surface area contributed by atoms with Crippen molar-refractivity contribution in [2.45, 2.75) is 137 Å². The monoisotopic (exact) mass is 678 g/mol. The van der Waals surface area contributed by atoms with E-state index in [-0.39, 0.29) is 24.0 Å². The van der Waals surface area contributed by atoms with Gasteiger partial charge in [-0.25, -0.2) is 4.57 Å². The molecule has 0 fully saturated rings. The van der Waals surface area contributed by atoms with Crippen LogP contribution in [0.15, 0.2) is 48.8 Å². The highest BCUT2D eigenvalue weighted by atomic mass is 127. The van der Waals surface area contributed by atoms with Crippen LogP contribution in [0.2, 0.25) is 0 Å². The summed E-state index contributed by atoms with van der Waals surface area (Å²) in [6.07, 6.45) is 23.4. The molecule has 0 aliphatic carbocycles. The number of aryl methyl sites for hydroxylation is 3. The number of aromatic nitrogens is 2. The van der Waals surface area contributed by atoms with Crippen LogP contribution in [-0.4, -0.2) is 10.9 Å². The van der Waals surface area contributed by atoms with Crippen molar-refractivity contribution in [3.05, 3.63) is 60.2 Å². The molecule has 0 aliphatic heterocycles. The fraction of sp³-hybridized carbons (Fsp3) is 0.611. The molecule has 2 nitrogen and oxygen atoms in total. The van der Waals surface area contributed by atoms with Gasteiger partial charge in [0.15, 0.2) is 11.9 Å². The summed E-state index contributed by atoms with van der Waals surface area (Å²) in [5.41, 5.74) is 2.42. The van der Waals surface area contributed by atoms with Crippen LogP contribution in [0.5, 0.6) is 0 Å². The van der Waals surface area contributed by atoms with Gasteiger partial charge in [0, 0.05) is 68.9 Å². The average Bonchev–Trinajstić information content (AvgIpc) is 2.95. The Balaban J connectivity index is 0. The van der Waals surface area contributed by atoms with Crippen molar-refractivity contribution in [3.63, 3.8) is 0 Å². The van der Waals surface area contributed by atoms with Crippen LogP contribution in [0.4, 0.5) is 0 Å². The molecule has 40 heavy (non-hydrogen) atoms. The molecule has 0 saturated heterocycles. The van der Waals surface area contributed by atoms with E-state index in [0.717, 1.165) is 50.2 Å². The third kappa shape index (κ3) is 29.4. The molecule has 2 aromatic heterocycles. The lowest BCUT2D eigenvalue weighted by Gasteiger charge is -2.00. The fourth-order valence-corrected chi connectivity index (χ4v) is 3.84. The average molecular weight is 679 g/mol. The van der Waals surface area contributed by atoms with Crippen LogP contribution >= 0.6 is 11.6 Å². The fourth-order valence-electron chi connectivity index (χ4n) is 3.66. The highest BCUT2D eigenvalue weighted by molar-refractivity contribution is 6.17. The van der Waals surface area contributed by atoms with Crippen LogP contribution < -0.4 is 28.5 Å². The molecule has 0 amide bonds. The SMILES string of the molecule is CCCCC#CCCCCCCCl.CCCCC#CCCCCCC[n+]1ccccc1C.Cc1ccccn1.[I-]. The molecule has 0 bridgehead atoms. The van der Waals surface area contributed by atoms with E-state index in [4.69, 9.17) is 11.6 Å². The quantitative estimate of drug-likeness (QED) is 0.0641. The van der Waals surface area contributed by atoms with Crippen molar-refractivity contribution >= 4 is 11.6 Å². The molecule has 0 aromatic carbocycles. The Kier molecular flexibility index (Phi) is 34.1. The Morgan fingerprint density at radius 3 is 1.62 bits per heavy atom. The third-order valence-electron chi connectivity index (χ3n) is 6.18. The van der Waals surface area contributed by atoms with Crippen LogP contribution in [-0.2, 0) is 6.54 Å². The molecule has 0 atom stereocenters. The van der Waals surface area contributed by atoms with Gasteiger partial charge in [-0.3, -0.25) is 4.98 Å². The molecule has 0 N–H and O–H groups in total. The molecule has 2 heterocycles. The number of rotatable bonds is 15. The molecule has 2 aromatic rings. The first-order valence-electron chi connectivity index (χ1n) is 15.5. The van der Waals surface area contributed by atoms with Gasteiger partial charge in [-0.1, -0.05) is 58.1 Å². The second-order valence-electron chi connectivity index (χ2n) is 9.94. The highest BCUT2D eigenvalue weighted by Crippen LogP contribution is 2.04. The van der Waals surface area contributed by atoms with Crippen molar-refractivity contribution in [1.82, 2.24) is 4.98 Å². The Hall–Kier alpha value is -1.56. The standard InChI is InChI=1S/C18H28N.C12H21Cl.C6H7N.HI/c1-3-4-5-6-7-8-9-10-11-13-16-19-17-14-12-15-18(19)2;1-2-3-4-5-6-7-8-9-10-11-12-13;1-6-4-2-3-5-7-6;/h12,14-15,17H,3-5,8-11,13,16H2,1-2H3;2-4,7-12H2,1H3;2-5H,1H3;1H/q+1;;;/p-1. The summed E-state index contributed by atoms with van der Waals surface area (Å²) in [7, 11) is 0. The van der Waals surface area contributed by atoms with Crippen LogP contribution in [0, 0.1) is 37.5 Å². The maximum Gasteiger partial charge on any atom is 0.178 e. The molecule has 0 aliphatic rings. The Morgan fingerprint density at radius 1 is 0.650 bits per heavy atom. The number of unbranched alkanes of at least 4 members (excludes halogenated alkanes) is 12. The summed E-state index contributed by atoms with van der Waals surface area (Å²) in [5.74, 6) is 13.8. The number of pyridine rings is 2. The number of alkyl halides is 1. The molecule has 0 radical (unpaired) electrons. The summed E-state index contributed by atoms with van der Waals surface area (Å²) < 4.78 is 2.34. The van der Waals surface area contributed by atoms with Gasteiger partial charge in [0.1, 0.15) is 6.54 Å². The molecule has 2 rings (SSSR count). The van der Waals surface area contributed by atoms with E-state index < -0.39 is 0 Å². The summed E-state index contributed by atoms with van der Waals surface area (Å²) in [6.45, 7) is 9.71. The van der Waals surface area contributed by atoms with Gasteiger partial charge in [0.2, 0.25) is 0 Å². The van der Waals surface area contributed by atoms with E-state index in [1.165, 1.54) is 76.3 Å². The zero-order valence-electron chi connectivity index (χ0n) is 26.0. The lowest BCUT2D eigenvalue weighted by atomic mass is 10.1. The normalized spacial score (nSPS) is 9.32. The van der Waals surface area contributed by atoms with Crippen LogP contribution in [0.3, 0.4) is 0 Å². The van der Waals surface area contributed by atoms with Crippen molar-refractivity contribution in [2.24, 2.45) is 0 Å². The molecule has 0 spiro atoms. The zero-order valence-corrected chi connectivity index (χ0v) is 28.9. The smallest absolute Gasteiger partial charge is 0.178 e. The van der Waals surface area contributed by atoms with Gasteiger partial charge >= 0.3 is 0 Å². The van der Waals surface area contributed by atoms with E-state index in [0.29, 0.717) is 0 Å². The Morgan fingerprint density at radius 2 is 1.18 bits per heavy atom. The first-order valence-corrected chi connectivity index (χ1v) is 16.0. The molecule has 4 heteroatoms. The van der Waals surface area contributed by atoms with E-state index in [9.17, 15) is 0 Å². The lowest BCUT2D eigenvalue weighted by molar-refractivity contribution is -0.703. The van der Waals surface area contributed by atoms with Crippen molar-refractivity contribution in [3.8, 4) is 23.7 Å². The molecule has 224 valence electrons. The van der Waals surface area contributed by atoms with E-state index >= 15 is 0 Å². The predicted octanol–water partition coefficient (Wildman–Crippen LogP) is 7.19. The number of halogens is 2. The molecular weight excluding hydrogens is 623 g/mol. The number of nitrogens with zero attached hydrogens (tertiary/aromatic N) is 2. The molecule has 0 saturated carbocycles. The zero-order chi connectivity index (χ0) is 28.7. The minimum absolute atomic E-state index is 0. The van der Waals surface area contributed by atoms with Gasteiger partial charge in [-0.05, 0) is 57.6 Å². The van der Waals surface area contributed by atoms with Crippen molar-refractivity contribution < 1.29 is 28.5 Å². The van der Waals surface area contributed by atoms with E-state index in [1.807, 2.05) is 25.1 Å².